The van der Waals surface area contributed by atoms with Gasteiger partial charge in [-0.15, -0.1) is 0 Å². The monoisotopic (exact) mass is 402 g/mol. The van der Waals surface area contributed by atoms with E-state index in [1.165, 1.54) is 11.1 Å². The van der Waals surface area contributed by atoms with E-state index < -0.39 is 0 Å². The van der Waals surface area contributed by atoms with Gasteiger partial charge in [0.2, 0.25) is 0 Å². The Morgan fingerprint density at radius 1 is 1.00 bits per heavy atom. The first-order valence-corrected chi connectivity index (χ1v) is 11.0. The van der Waals surface area contributed by atoms with Crippen molar-refractivity contribution in [3.05, 3.63) is 77.7 Å². The van der Waals surface area contributed by atoms with Gasteiger partial charge in [0, 0.05) is 51.0 Å². The van der Waals surface area contributed by atoms with Crippen molar-refractivity contribution in [2.24, 2.45) is 7.05 Å². The second-order valence-electron chi connectivity index (χ2n) is 8.67. The number of aryl methyl sites for hydroxylation is 1. The lowest BCUT2D eigenvalue weighted by Gasteiger charge is -2.43. The molecule has 1 aromatic heterocycles. The quantitative estimate of drug-likeness (QED) is 0.729. The molecular weight excluding hydrogens is 372 g/mol. The van der Waals surface area contributed by atoms with E-state index >= 15 is 0 Å². The number of imidazole rings is 1. The highest BCUT2D eigenvalue weighted by atomic mass is 16.3. The van der Waals surface area contributed by atoms with Crippen LogP contribution in [0.5, 0.6) is 0 Å². The van der Waals surface area contributed by atoms with E-state index in [-0.39, 0.29) is 12.1 Å². The molecule has 2 aliphatic rings. The Hall–Kier alpha value is -2.47. The molecule has 0 bridgehead atoms. The van der Waals surface area contributed by atoms with Crippen LogP contribution in [0.1, 0.15) is 23.4 Å². The molecule has 0 spiro atoms. The molecule has 1 saturated heterocycles. The first-order valence-electron chi connectivity index (χ1n) is 11.0. The fraction of sp³-hybridized carbons (Fsp3) is 0.400. The summed E-state index contributed by atoms with van der Waals surface area (Å²) in [5, 5.41) is 11.0. The Morgan fingerprint density at radius 3 is 2.57 bits per heavy atom. The maximum atomic E-state index is 11.0. The van der Waals surface area contributed by atoms with E-state index in [1.54, 1.807) is 0 Å². The highest BCUT2D eigenvalue weighted by molar-refractivity contribution is 5.58. The van der Waals surface area contributed by atoms with Gasteiger partial charge in [-0.1, -0.05) is 54.6 Å². The molecule has 30 heavy (non-hydrogen) atoms. The topological polar surface area (TPSA) is 44.5 Å². The van der Waals surface area contributed by atoms with Crippen LogP contribution in [0.2, 0.25) is 0 Å². The van der Waals surface area contributed by atoms with Crippen LogP contribution < -0.4 is 0 Å². The van der Waals surface area contributed by atoms with Crippen LogP contribution >= 0.6 is 0 Å². The Kier molecular flexibility index (Phi) is 5.42. The molecule has 5 heteroatoms. The molecule has 2 aliphatic heterocycles. The standard InChI is InChI=1S/C25H30N4O/c1-27-16-22(20-8-3-2-4-9-20)26-25(27)18-28-13-12-23(24(30)17-28)29-14-11-19-7-5-6-10-21(19)15-29/h2-10,16,23-24,30H,11-15,17-18H2,1H3/t23-,24-/m0/s1. The fourth-order valence-electron chi connectivity index (χ4n) is 4.95. The van der Waals surface area contributed by atoms with Crippen molar-refractivity contribution in [1.29, 1.82) is 0 Å². The number of hydrogen-bond donors (Lipinski definition) is 1. The van der Waals surface area contributed by atoms with Gasteiger partial charge in [-0.25, -0.2) is 4.98 Å². The van der Waals surface area contributed by atoms with Gasteiger partial charge in [0.25, 0.3) is 0 Å². The first kappa shape index (κ1) is 19.5. The van der Waals surface area contributed by atoms with Crippen molar-refractivity contribution in [2.75, 3.05) is 19.6 Å². The number of hydrogen-bond acceptors (Lipinski definition) is 4. The minimum absolute atomic E-state index is 0.246. The van der Waals surface area contributed by atoms with E-state index in [0.29, 0.717) is 6.54 Å². The molecule has 0 saturated carbocycles. The zero-order chi connectivity index (χ0) is 20.5. The third-order valence-electron chi connectivity index (χ3n) is 6.67. The van der Waals surface area contributed by atoms with Gasteiger partial charge in [0.1, 0.15) is 5.82 Å². The fourth-order valence-corrected chi connectivity index (χ4v) is 4.95. The molecule has 3 aromatic rings. The molecular formula is C25H30N4O. The van der Waals surface area contributed by atoms with Gasteiger partial charge in [-0.05, 0) is 24.0 Å². The lowest BCUT2D eigenvalue weighted by Crippen LogP contribution is -2.54. The summed E-state index contributed by atoms with van der Waals surface area (Å²) in [4.78, 5) is 9.69. The zero-order valence-electron chi connectivity index (χ0n) is 17.6. The molecule has 0 unspecified atom stereocenters. The highest BCUT2D eigenvalue weighted by Crippen LogP contribution is 2.26. The highest BCUT2D eigenvalue weighted by Gasteiger charge is 2.33. The van der Waals surface area contributed by atoms with E-state index in [4.69, 9.17) is 4.98 Å². The van der Waals surface area contributed by atoms with Crippen molar-refractivity contribution in [1.82, 2.24) is 19.4 Å². The number of piperidine rings is 1. The maximum Gasteiger partial charge on any atom is 0.123 e. The molecule has 156 valence electrons. The second kappa shape index (κ2) is 8.34. The Balaban J connectivity index is 1.22. The second-order valence-corrected chi connectivity index (χ2v) is 8.67. The summed E-state index contributed by atoms with van der Waals surface area (Å²) in [5.74, 6) is 1.05. The van der Waals surface area contributed by atoms with Crippen LogP contribution in [0, 0.1) is 0 Å². The van der Waals surface area contributed by atoms with Gasteiger partial charge in [-0.2, -0.15) is 0 Å². The number of nitrogens with zero attached hydrogens (tertiary/aromatic N) is 4. The maximum absolute atomic E-state index is 11.0. The number of likely N-dealkylation sites (tertiary alicyclic amines) is 1. The number of fused-ring (bicyclic) bond motifs is 1. The van der Waals surface area contributed by atoms with E-state index in [9.17, 15) is 5.11 Å². The molecule has 2 aromatic carbocycles. The summed E-state index contributed by atoms with van der Waals surface area (Å²) in [7, 11) is 2.06. The lowest BCUT2D eigenvalue weighted by atomic mass is 9.94. The largest absolute Gasteiger partial charge is 0.390 e. The molecule has 3 heterocycles. The van der Waals surface area contributed by atoms with Crippen molar-refractivity contribution >= 4 is 0 Å². The lowest BCUT2D eigenvalue weighted by molar-refractivity contribution is -0.0212. The first-order chi connectivity index (χ1) is 14.7. The van der Waals surface area contributed by atoms with Crippen LogP contribution in [-0.4, -0.2) is 56.2 Å². The van der Waals surface area contributed by atoms with Crippen LogP contribution in [-0.2, 0) is 26.6 Å². The summed E-state index contributed by atoms with van der Waals surface area (Å²) in [5.41, 5.74) is 5.03. The molecule has 0 amide bonds. The zero-order valence-corrected chi connectivity index (χ0v) is 17.6. The summed E-state index contributed by atoms with van der Waals surface area (Å²) in [6.45, 7) is 4.47. The Bertz CT molecular complexity index is 999. The van der Waals surface area contributed by atoms with Gasteiger partial charge in [0.05, 0.1) is 18.3 Å². The van der Waals surface area contributed by atoms with Crippen molar-refractivity contribution < 1.29 is 5.11 Å². The predicted molar refractivity (Wildman–Crippen MR) is 119 cm³/mol. The average molecular weight is 403 g/mol. The van der Waals surface area contributed by atoms with Crippen LogP contribution in [0.3, 0.4) is 0 Å². The summed E-state index contributed by atoms with van der Waals surface area (Å²) in [6.07, 6.45) is 3.86. The van der Waals surface area contributed by atoms with E-state index in [0.717, 1.165) is 56.1 Å². The summed E-state index contributed by atoms with van der Waals surface area (Å²) < 4.78 is 2.11. The number of aliphatic hydroxyl groups excluding tert-OH is 1. The SMILES string of the molecule is Cn1cc(-c2ccccc2)nc1CN1CC[C@H](N2CCc3ccccc3C2)[C@@H](O)C1. The summed E-state index contributed by atoms with van der Waals surface area (Å²) >= 11 is 0. The molecule has 5 nitrogen and oxygen atoms in total. The normalized spacial score (nSPS) is 22.7. The van der Waals surface area contributed by atoms with Crippen LogP contribution in [0.15, 0.2) is 60.8 Å². The predicted octanol–water partition coefficient (Wildman–Crippen LogP) is 3.08. The van der Waals surface area contributed by atoms with Crippen molar-refractivity contribution in [3.63, 3.8) is 0 Å². The molecule has 1 N–H and O–H groups in total. The van der Waals surface area contributed by atoms with Gasteiger partial charge in [0.15, 0.2) is 0 Å². The van der Waals surface area contributed by atoms with Crippen LogP contribution in [0.25, 0.3) is 11.3 Å². The minimum Gasteiger partial charge on any atom is -0.390 e. The number of rotatable bonds is 4. The van der Waals surface area contributed by atoms with Crippen molar-refractivity contribution in [2.45, 2.75) is 38.1 Å². The van der Waals surface area contributed by atoms with Gasteiger partial charge in [-0.3, -0.25) is 9.80 Å². The number of β-amino-alcohol motifs (C(OH)–C–C–N with tert-alkyl or cyclic N) is 1. The smallest absolute Gasteiger partial charge is 0.123 e. The van der Waals surface area contributed by atoms with Crippen LogP contribution in [0.4, 0.5) is 0 Å². The van der Waals surface area contributed by atoms with Gasteiger partial charge >= 0.3 is 0 Å². The number of aromatic nitrogens is 2. The molecule has 0 aliphatic carbocycles. The molecule has 0 radical (unpaired) electrons. The third-order valence-corrected chi connectivity index (χ3v) is 6.67. The molecule has 1 fully saturated rings. The Morgan fingerprint density at radius 2 is 1.77 bits per heavy atom. The van der Waals surface area contributed by atoms with Crippen molar-refractivity contribution in [3.8, 4) is 11.3 Å². The van der Waals surface area contributed by atoms with Gasteiger partial charge < -0.3 is 9.67 Å². The molecule has 5 rings (SSSR count). The minimum atomic E-state index is -0.321. The number of benzene rings is 2. The van der Waals surface area contributed by atoms with E-state index in [1.807, 2.05) is 18.2 Å². The Labute approximate surface area is 178 Å². The summed E-state index contributed by atoms with van der Waals surface area (Å²) in [6, 6.07) is 19.3. The average Bonchev–Trinajstić information content (AvgIpc) is 3.14. The third kappa shape index (κ3) is 3.93. The number of aliphatic hydroxyl groups is 1. The van der Waals surface area contributed by atoms with E-state index in [2.05, 4.69) is 64.0 Å². The molecule has 2 atom stereocenters.